The molecule has 116 valence electrons. The highest BCUT2D eigenvalue weighted by Gasteiger charge is 2.31. The number of nitrogens with two attached hydrogens (primary N) is 1. The third kappa shape index (κ3) is 4.21. The van der Waals surface area contributed by atoms with E-state index in [0.29, 0.717) is 19.1 Å². The molecule has 2 N–H and O–H groups in total. The van der Waals surface area contributed by atoms with Crippen LogP contribution < -0.4 is 10.6 Å². The van der Waals surface area contributed by atoms with Crippen molar-refractivity contribution in [3.63, 3.8) is 0 Å². The number of likely N-dealkylation sites (N-methyl/N-ethyl adjacent to an activating group) is 1. The van der Waals surface area contributed by atoms with E-state index in [0.717, 1.165) is 38.0 Å². The number of rotatable bonds is 8. The molecule has 0 heterocycles. The van der Waals surface area contributed by atoms with Gasteiger partial charge in [0.15, 0.2) is 0 Å². The maximum atomic E-state index is 12.6. The van der Waals surface area contributed by atoms with Crippen LogP contribution in [0.15, 0.2) is 24.3 Å². The summed E-state index contributed by atoms with van der Waals surface area (Å²) in [5.74, 6) is 0.236. The van der Waals surface area contributed by atoms with E-state index < -0.39 is 0 Å². The van der Waals surface area contributed by atoms with Gasteiger partial charge in [-0.05, 0) is 51.3 Å². The summed E-state index contributed by atoms with van der Waals surface area (Å²) < 4.78 is 0. The van der Waals surface area contributed by atoms with E-state index in [-0.39, 0.29) is 5.91 Å². The Morgan fingerprint density at radius 2 is 2.05 bits per heavy atom. The topological polar surface area (TPSA) is 49.6 Å². The monoisotopic (exact) mass is 289 g/mol. The predicted octanol–water partition coefficient (Wildman–Crippen LogP) is 2.16. The van der Waals surface area contributed by atoms with Crippen LogP contribution in [0.5, 0.6) is 0 Å². The minimum atomic E-state index is 0.236. The van der Waals surface area contributed by atoms with Gasteiger partial charge in [0.2, 0.25) is 5.91 Å². The molecule has 0 radical (unpaired) electrons. The average molecular weight is 289 g/mol. The van der Waals surface area contributed by atoms with Crippen molar-refractivity contribution < 1.29 is 4.79 Å². The molecule has 0 aliphatic heterocycles. The van der Waals surface area contributed by atoms with Crippen LogP contribution in [-0.2, 0) is 4.79 Å². The van der Waals surface area contributed by atoms with E-state index in [1.54, 1.807) is 0 Å². The summed E-state index contributed by atoms with van der Waals surface area (Å²) in [7, 11) is 0. The van der Waals surface area contributed by atoms with Gasteiger partial charge in [0, 0.05) is 24.8 Å². The zero-order valence-electron chi connectivity index (χ0n) is 13.2. The fourth-order valence-corrected chi connectivity index (χ4v) is 2.76. The highest BCUT2D eigenvalue weighted by Crippen LogP contribution is 2.27. The third-order valence-corrected chi connectivity index (χ3v) is 4.06. The zero-order chi connectivity index (χ0) is 15.2. The van der Waals surface area contributed by atoms with E-state index in [1.807, 2.05) is 17.0 Å². The Labute approximate surface area is 127 Å². The number of hydrogen-bond acceptors (Lipinski definition) is 3. The molecule has 1 aliphatic rings. The van der Waals surface area contributed by atoms with Crippen LogP contribution in [0.4, 0.5) is 5.69 Å². The molecule has 0 unspecified atom stereocenters. The second-order valence-electron chi connectivity index (χ2n) is 5.76. The number of benzene rings is 1. The maximum Gasteiger partial charge on any atom is 0.242 e. The smallest absolute Gasteiger partial charge is 0.242 e. The van der Waals surface area contributed by atoms with E-state index >= 15 is 0 Å². The number of carbonyl (C=O) groups is 1. The number of amides is 1. The van der Waals surface area contributed by atoms with Gasteiger partial charge in [-0.25, -0.2) is 0 Å². The summed E-state index contributed by atoms with van der Waals surface area (Å²) in [6.07, 6.45) is 3.22. The Morgan fingerprint density at radius 3 is 2.62 bits per heavy atom. The lowest BCUT2D eigenvalue weighted by Crippen LogP contribution is -2.42. The second kappa shape index (κ2) is 7.46. The van der Waals surface area contributed by atoms with Crippen LogP contribution in [0.25, 0.3) is 0 Å². The van der Waals surface area contributed by atoms with Crippen LogP contribution in [0.2, 0.25) is 0 Å². The largest absolute Gasteiger partial charge is 0.362 e. The van der Waals surface area contributed by atoms with Gasteiger partial charge in [-0.3, -0.25) is 4.79 Å². The van der Waals surface area contributed by atoms with Crippen LogP contribution in [0.3, 0.4) is 0 Å². The van der Waals surface area contributed by atoms with Crippen LogP contribution >= 0.6 is 0 Å². The first-order chi connectivity index (χ1) is 10.2. The Hall–Kier alpha value is -1.55. The molecule has 0 atom stereocenters. The minimum absolute atomic E-state index is 0.236. The molecule has 0 bridgehead atoms. The molecule has 4 nitrogen and oxygen atoms in total. The molecule has 1 aromatic carbocycles. The third-order valence-electron chi connectivity index (χ3n) is 4.06. The number of nitrogens with zero attached hydrogens (tertiary/aromatic N) is 2. The molecule has 4 heteroatoms. The van der Waals surface area contributed by atoms with Gasteiger partial charge < -0.3 is 15.5 Å². The summed E-state index contributed by atoms with van der Waals surface area (Å²) in [5.41, 5.74) is 8.00. The van der Waals surface area contributed by atoms with Crippen molar-refractivity contribution in [2.45, 2.75) is 39.2 Å². The molecule has 1 aromatic rings. The average Bonchev–Trinajstić information content (AvgIpc) is 3.29. The van der Waals surface area contributed by atoms with Crippen molar-refractivity contribution in [2.75, 3.05) is 31.1 Å². The van der Waals surface area contributed by atoms with Crippen molar-refractivity contribution in [3.8, 4) is 0 Å². The van der Waals surface area contributed by atoms with Crippen LogP contribution in [0.1, 0.15) is 31.7 Å². The molecule has 1 amide bonds. The van der Waals surface area contributed by atoms with Gasteiger partial charge in [0.25, 0.3) is 0 Å². The van der Waals surface area contributed by atoms with Crippen LogP contribution in [-0.4, -0.2) is 43.0 Å². The molecule has 0 saturated heterocycles. The molecule has 1 saturated carbocycles. The van der Waals surface area contributed by atoms with Crippen molar-refractivity contribution in [3.05, 3.63) is 29.8 Å². The number of anilines is 1. The normalized spacial score (nSPS) is 14.0. The summed E-state index contributed by atoms with van der Waals surface area (Å²) >= 11 is 0. The first-order valence-corrected chi connectivity index (χ1v) is 7.97. The molecular weight excluding hydrogens is 262 g/mol. The summed E-state index contributed by atoms with van der Waals surface area (Å²) in [4.78, 5) is 16.8. The van der Waals surface area contributed by atoms with Gasteiger partial charge in [-0.15, -0.1) is 0 Å². The van der Waals surface area contributed by atoms with E-state index in [4.69, 9.17) is 5.73 Å². The first-order valence-electron chi connectivity index (χ1n) is 7.97. The van der Waals surface area contributed by atoms with Crippen molar-refractivity contribution in [1.82, 2.24) is 4.90 Å². The highest BCUT2D eigenvalue weighted by atomic mass is 16.2. The van der Waals surface area contributed by atoms with Gasteiger partial charge in [0.05, 0.1) is 6.54 Å². The fraction of sp³-hybridized carbons (Fsp3) is 0.588. The summed E-state index contributed by atoms with van der Waals surface area (Å²) in [5, 5.41) is 0. The molecule has 0 spiro atoms. The second-order valence-corrected chi connectivity index (χ2v) is 5.76. The lowest BCUT2D eigenvalue weighted by Gasteiger charge is -2.29. The zero-order valence-corrected chi connectivity index (χ0v) is 13.2. The number of hydrogen-bond donors (Lipinski definition) is 1. The minimum Gasteiger partial charge on any atom is -0.362 e. The number of para-hydroxylation sites is 1. The summed E-state index contributed by atoms with van der Waals surface area (Å²) in [6, 6.07) is 8.72. The van der Waals surface area contributed by atoms with Crippen molar-refractivity contribution >= 4 is 11.6 Å². The Morgan fingerprint density at radius 1 is 1.33 bits per heavy atom. The van der Waals surface area contributed by atoms with Crippen molar-refractivity contribution in [2.24, 2.45) is 5.73 Å². The SMILES string of the molecule is CCN(C(=O)CN(CCCN)c1ccccc1C)C1CC1. The lowest BCUT2D eigenvalue weighted by molar-refractivity contribution is -0.130. The maximum absolute atomic E-state index is 12.6. The van der Waals surface area contributed by atoms with E-state index in [9.17, 15) is 4.79 Å². The predicted molar refractivity (Wildman–Crippen MR) is 87.5 cm³/mol. The lowest BCUT2D eigenvalue weighted by atomic mass is 10.1. The molecule has 0 aromatic heterocycles. The van der Waals surface area contributed by atoms with Gasteiger partial charge in [-0.2, -0.15) is 0 Å². The Bertz CT molecular complexity index is 471. The van der Waals surface area contributed by atoms with E-state index in [2.05, 4.69) is 30.9 Å². The molecule has 21 heavy (non-hydrogen) atoms. The molecule has 2 rings (SSSR count). The molecule has 1 aliphatic carbocycles. The van der Waals surface area contributed by atoms with Gasteiger partial charge in [-0.1, -0.05) is 18.2 Å². The van der Waals surface area contributed by atoms with Gasteiger partial charge in [0.1, 0.15) is 0 Å². The first kappa shape index (κ1) is 15.8. The number of carbonyl (C=O) groups excluding carboxylic acids is 1. The Kier molecular flexibility index (Phi) is 5.62. The standard InChI is InChI=1S/C17H27N3O/c1-3-20(15-9-10-15)17(21)13-19(12-6-11-18)16-8-5-4-7-14(16)2/h4-5,7-8,15H,3,6,9-13,18H2,1-2H3. The van der Waals surface area contributed by atoms with Crippen LogP contribution in [0, 0.1) is 6.92 Å². The van der Waals surface area contributed by atoms with E-state index in [1.165, 1.54) is 5.56 Å². The fourth-order valence-electron chi connectivity index (χ4n) is 2.76. The molecule has 1 fully saturated rings. The molecular formula is C17H27N3O. The highest BCUT2D eigenvalue weighted by molar-refractivity contribution is 5.82. The van der Waals surface area contributed by atoms with Crippen molar-refractivity contribution in [1.29, 1.82) is 0 Å². The van der Waals surface area contributed by atoms with Gasteiger partial charge >= 0.3 is 0 Å². The summed E-state index contributed by atoms with van der Waals surface area (Å²) in [6.45, 7) is 6.89. The Balaban J connectivity index is 2.08. The quantitative estimate of drug-likeness (QED) is 0.798. The number of aryl methyl sites for hydroxylation is 1.